The van der Waals surface area contributed by atoms with Crippen LogP contribution in [0.3, 0.4) is 0 Å². The molecule has 2 N–H and O–H groups in total. The van der Waals surface area contributed by atoms with Crippen molar-refractivity contribution in [3.05, 3.63) is 35.4 Å². The molecular formula is C16H20N2O2. The number of carbonyl (C=O) groups is 1. The van der Waals surface area contributed by atoms with E-state index in [4.69, 9.17) is 4.74 Å². The molecule has 2 unspecified atom stereocenters. The zero-order valence-corrected chi connectivity index (χ0v) is 11.7. The minimum atomic E-state index is -0.00600. The second kappa shape index (κ2) is 5.67. The summed E-state index contributed by atoms with van der Waals surface area (Å²) < 4.78 is 5.69. The van der Waals surface area contributed by atoms with Gasteiger partial charge in [0.2, 0.25) is 0 Å². The van der Waals surface area contributed by atoms with E-state index in [1.807, 2.05) is 37.3 Å². The zero-order chi connectivity index (χ0) is 13.9. The number of hydrogen-bond donors (Lipinski definition) is 2. The first-order valence-corrected chi connectivity index (χ1v) is 7.23. The van der Waals surface area contributed by atoms with E-state index in [1.54, 1.807) is 0 Å². The van der Waals surface area contributed by atoms with E-state index < -0.39 is 0 Å². The van der Waals surface area contributed by atoms with Crippen molar-refractivity contribution in [1.82, 2.24) is 10.6 Å². The molecule has 0 bridgehead atoms. The Balaban J connectivity index is 1.71. The maximum atomic E-state index is 12.3. The van der Waals surface area contributed by atoms with E-state index in [0.29, 0.717) is 5.56 Å². The molecule has 1 aromatic rings. The lowest BCUT2D eigenvalue weighted by Crippen LogP contribution is -2.45. The monoisotopic (exact) mass is 272 g/mol. The van der Waals surface area contributed by atoms with Gasteiger partial charge in [-0.2, -0.15) is 0 Å². The van der Waals surface area contributed by atoms with Crippen LogP contribution in [0.1, 0.15) is 35.7 Å². The normalized spacial score (nSPS) is 24.6. The largest absolute Gasteiger partial charge is 0.486 e. The molecule has 0 saturated carbocycles. The number of amides is 1. The second-order valence-corrected chi connectivity index (χ2v) is 5.45. The van der Waals surface area contributed by atoms with Crippen molar-refractivity contribution in [3.63, 3.8) is 0 Å². The lowest BCUT2D eigenvalue weighted by Gasteiger charge is -2.24. The third-order valence-corrected chi connectivity index (χ3v) is 3.76. The van der Waals surface area contributed by atoms with Gasteiger partial charge in [0.15, 0.2) is 0 Å². The maximum absolute atomic E-state index is 12.3. The molecular weight excluding hydrogens is 252 g/mol. The molecule has 1 amide bonds. The van der Waals surface area contributed by atoms with Crippen LogP contribution in [-0.4, -0.2) is 31.1 Å². The molecule has 1 fully saturated rings. The summed E-state index contributed by atoms with van der Waals surface area (Å²) in [6, 6.07) is 5.84. The fourth-order valence-electron chi connectivity index (χ4n) is 2.65. The highest BCUT2D eigenvalue weighted by Gasteiger charge is 2.18. The van der Waals surface area contributed by atoms with Crippen LogP contribution < -0.4 is 15.4 Å². The van der Waals surface area contributed by atoms with Gasteiger partial charge < -0.3 is 15.4 Å². The lowest BCUT2D eigenvalue weighted by atomic mass is 10.0. The summed E-state index contributed by atoms with van der Waals surface area (Å²) in [5, 5.41) is 6.38. The maximum Gasteiger partial charge on any atom is 0.251 e. The Bertz CT molecular complexity index is 533. The van der Waals surface area contributed by atoms with Gasteiger partial charge >= 0.3 is 0 Å². The Kier molecular flexibility index (Phi) is 3.74. The third-order valence-electron chi connectivity index (χ3n) is 3.76. The number of fused-ring (bicyclic) bond motifs is 1. The van der Waals surface area contributed by atoms with Crippen LogP contribution in [0.15, 0.2) is 24.3 Å². The first-order valence-electron chi connectivity index (χ1n) is 7.23. The zero-order valence-electron chi connectivity index (χ0n) is 11.7. The standard InChI is InChI=1S/C16H20N2O2/c1-11-4-5-12-9-13(6-7-15(12)20-11)16(19)18-14-3-2-8-17-10-14/h4-7,9,11,14,17H,2-3,8,10H2,1H3,(H,18,19). The molecule has 4 nitrogen and oxygen atoms in total. The van der Waals surface area contributed by atoms with E-state index in [2.05, 4.69) is 10.6 Å². The summed E-state index contributed by atoms with van der Waals surface area (Å²) in [4.78, 5) is 12.3. The minimum absolute atomic E-state index is 0.00600. The van der Waals surface area contributed by atoms with E-state index in [0.717, 1.165) is 37.2 Å². The Morgan fingerprint density at radius 2 is 2.35 bits per heavy atom. The average Bonchev–Trinajstić information content (AvgIpc) is 2.47. The number of benzene rings is 1. The van der Waals surface area contributed by atoms with Gasteiger partial charge in [0, 0.05) is 23.7 Å². The second-order valence-electron chi connectivity index (χ2n) is 5.45. The molecule has 2 heterocycles. The molecule has 106 valence electrons. The topological polar surface area (TPSA) is 50.4 Å². The highest BCUT2D eigenvalue weighted by atomic mass is 16.5. The van der Waals surface area contributed by atoms with Crippen LogP contribution in [0.2, 0.25) is 0 Å². The summed E-state index contributed by atoms with van der Waals surface area (Å²) in [7, 11) is 0. The van der Waals surface area contributed by atoms with Gasteiger partial charge in [0.05, 0.1) is 0 Å². The summed E-state index contributed by atoms with van der Waals surface area (Å²) in [6.45, 7) is 3.90. The Morgan fingerprint density at radius 3 is 3.15 bits per heavy atom. The van der Waals surface area contributed by atoms with Crippen LogP contribution in [0.4, 0.5) is 0 Å². The summed E-state index contributed by atoms with van der Waals surface area (Å²) >= 11 is 0. The molecule has 3 rings (SSSR count). The number of carbonyl (C=O) groups excluding carboxylic acids is 1. The fourth-order valence-corrected chi connectivity index (χ4v) is 2.65. The van der Waals surface area contributed by atoms with Crippen molar-refractivity contribution >= 4 is 12.0 Å². The van der Waals surface area contributed by atoms with Crippen molar-refractivity contribution in [2.45, 2.75) is 31.9 Å². The van der Waals surface area contributed by atoms with Crippen LogP contribution in [0, 0.1) is 0 Å². The van der Waals surface area contributed by atoms with Crippen molar-refractivity contribution in [2.24, 2.45) is 0 Å². The molecule has 2 atom stereocenters. The van der Waals surface area contributed by atoms with E-state index in [9.17, 15) is 4.79 Å². The quantitative estimate of drug-likeness (QED) is 0.865. The van der Waals surface area contributed by atoms with E-state index in [1.165, 1.54) is 0 Å². The molecule has 20 heavy (non-hydrogen) atoms. The van der Waals surface area contributed by atoms with Crippen LogP contribution in [-0.2, 0) is 0 Å². The molecule has 0 radical (unpaired) electrons. The predicted molar refractivity (Wildman–Crippen MR) is 78.9 cm³/mol. The van der Waals surface area contributed by atoms with Gasteiger partial charge in [0.25, 0.3) is 5.91 Å². The molecule has 1 aromatic carbocycles. The molecule has 4 heteroatoms. The first-order chi connectivity index (χ1) is 9.72. The van der Waals surface area contributed by atoms with E-state index >= 15 is 0 Å². The summed E-state index contributed by atoms with van der Waals surface area (Å²) in [5.41, 5.74) is 1.66. The molecule has 0 aromatic heterocycles. The van der Waals surface area contributed by atoms with Crippen molar-refractivity contribution in [3.8, 4) is 5.75 Å². The first kappa shape index (κ1) is 13.2. The van der Waals surface area contributed by atoms with Crippen molar-refractivity contribution in [2.75, 3.05) is 13.1 Å². The van der Waals surface area contributed by atoms with Gasteiger partial charge in [-0.05, 0) is 50.6 Å². The fraction of sp³-hybridized carbons (Fsp3) is 0.438. The van der Waals surface area contributed by atoms with Crippen LogP contribution in [0.5, 0.6) is 5.75 Å². The van der Waals surface area contributed by atoms with Gasteiger partial charge in [-0.3, -0.25) is 4.79 Å². The molecule has 1 saturated heterocycles. The Morgan fingerprint density at radius 1 is 1.45 bits per heavy atom. The summed E-state index contributed by atoms with van der Waals surface area (Å²) in [6.07, 6.45) is 6.26. The number of nitrogens with one attached hydrogen (secondary N) is 2. The SMILES string of the molecule is CC1C=Cc2cc(C(=O)NC3CCCNC3)ccc2O1. The number of piperidine rings is 1. The van der Waals surface area contributed by atoms with Gasteiger partial charge in [-0.15, -0.1) is 0 Å². The van der Waals surface area contributed by atoms with Crippen molar-refractivity contribution < 1.29 is 9.53 Å². The number of hydrogen-bond acceptors (Lipinski definition) is 3. The Hall–Kier alpha value is -1.81. The summed E-state index contributed by atoms with van der Waals surface area (Å²) in [5.74, 6) is 0.837. The average molecular weight is 272 g/mol. The highest BCUT2D eigenvalue weighted by Crippen LogP contribution is 2.26. The molecule has 0 aliphatic carbocycles. The minimum Gasteiger partial charge on any atom is -0.486 e. The predicted octanol–water partition coefficient (Wildman–Crippen LogP) is 1.96. The lowest BCUT2D eigenvalue weighted by molar-refractivity contribution is 0.0930. The third kappa shape index (κ3) is 2.85. The van der Waals surface area contributed by atoms with Crippen LogP contribution in [0.25, 0.3) is 6.08 Å². The molecule has 0 spiro atoms. The van der Waals surface area contributed by atoms with Crippen molar-refractivity contribution in [1.29, 1.82) is 0 Å². The number of ether oxygens (including phenoxy) is 1. The molecule has 2 aliphatic heterocycles. The Labute approximate surface area is 119 Å². The molecule has 2 aliphatic rings. The van der Waals surface area contributed by atoms with Gasteiger partial charge in [-0.1, -0.05) is 6.08 Å². The highest BCUT2D eigenvalue weighted by molar-refractivity contribution is 5.95. The van der Waals surface area contributed by atoms with Gasteiger partial charge in [-0.25, -0.2) is 0 Å². The number of rotatable bonds is 2. The van der Waals surface area contributed by atoms with E-state index in [-0.39, 0.29) is 18.1 Å². The van der Waals surface area contributed by atoms with Crippen LogP contribution >= 0.6 is 0 Å². The smallest absolute Gasteiger partial charge is 0.251 e. The van der Waals surface area contributed by atoms with Gasteiger partial charge in [0.1, 0.15) is 11.9 Å².